The summed E-state index contributed by atoms with van der Waals surface area (Å²) in [7, 11) is 0. The van der Waals surface area contributed by atoms with Crippen molar-refractivity contribution in [1.82, 2.24) is 0 Å². The second-order valence-electron chi connectivity index (χ2n) is 4.37. The van der Waals surface area contributed by atoms with Gasteiger partial charge in [0.2, 0.25) is 0 Å². The van der Waals surface area contributed by atoms with Gasteiger partial charge in [0, 0.05) is 9.58 Å². The van der Waals surface area contributed by atoms with Crippen molar-refractivity contribution in [3.63, 3.8) is 0 Å². The first-order valence-corrected chi connectivity index (χ1v) is 6.28. The third kappa shape index (κ3) is 1.32. The molecule has 2 aromatic rings. The molecule has 1 aliphatic rings. The third-order valence-corrected chi connectivity index (χ3v) is 4.62. The summed E-state index contributed by atoms with van der Waals surface area (Å²) in [6.45, 7) is 2.27. The van der Waals surface area contributed by atoms with E-state index >= 15 is 0 Å². The SMILES string of the molecule is CC1CCC(O)c2sc3ccccc3c21. The molecule has 1 aromatic carbocycles. The van der Waals surface area contributed by atoms with Gasteiger partial charge in [0.25, 0.3) is 0 Å². The van der Waals surface area contributed by atoms with E-state index in [1.54, 1.807) is 11.3 Å². The van der Waals surface area contributed by atoms with Crippen LogP contribution < -0.4 is 0 Å². The summed E-state index contributed by atoms with van der Waals surface area (Å²) >= 11 is 1.76. The molecule has 78 valence electrons. The number of aliphatic hydroxyl groups is 1. The number of rotatable bonds is 0. The molecule has 1 aromatic heterocycles. The lowest BCUT2D eigenvalue weighted by Gasteiger charge is -2.23. The molecule has 0 spiro atoms. The molecule has 2 unspecified atom stereocenters. The van der Waals surface area contributed by atoms with Gasteiger partial charge in [-0.3, -0.25) is 0 Å². The fourth-order valence-corrected chi connectivity index (χ4v) is 3.87. The Bertz CT molecular complexity index is 500. The lowest BCUT2D eigenvalue weighted by molar-refractivity contribution is 0.156. The molecule has 0 saturated carbocycles. The van der Waals surface area contributed by atoms with Crippen molar-refractivity contribution in [1.29, 1.82) is 0 Å². The van der Waals surface area contributed by atoms with Crippen LogP contribution in [-0.2, 0) is 0 Å². The highest BCUT2D eigenvalue weighted by molar-refractivity contribution is 7.19. The number of thiophene rings is 1. The molecule has 1 N–H and O–H groups in total. The number of hydrogen-bond acceptors (Lipinski definition) is 2. The highest BCUT2D eigenvalue weighted by Gasteiger charge is 2.27. The van der Waals surface area contributed by atoms with Gasteiger partial charge in [0.15, 0.2) is 0 Å². The van der Waals surface area contributed by atoms with Crippen molar-refractivity contribution < 1.29 is 5.11 Å². The summed E-state index contributed by atoms with van der Waals surface area (Å²) in [4.78, 5) is 1.20. The average Bonchev–Trinajstić information content (AvgIpc) is 2.64. The Hall–Kier alpha value is -0.860. The molecular formula is C13H14OS. The molecule has 0 radical (unpaired) electrons. The van der Waals surface area contributed by atoms with E-state index in [1.165, 1.54) is 20.5 Å². The number of hydrogen-bond donors (Lipinski definition) is 1. The van der Waals surface area contributed by atoms with Crippen LogP contribution in [0.5, 0.6) is 0 Å². The summed E-state index contributed by atoms with van der Waals surface area (Å²) in [5.41, 5.74) is 1.40. The quantitative estimate of drug-likeness (QED) is 0.712. The second-order valence-corrected chi connectivity index (χ2v) is 5.45. The van der Waals surface area contributed by atoms with Gasteiger partial charge in [-0.05, 0) is 35.8 Å². The normalized spacial score (nSPS) is 25.5. The summed E-state index contributed by atoms with van der Waals surface area (Å²) < 4.78 is 1.32. The topological polar surface area (TPSA) is 20.2 Å². The molecule has 0 aliphatic heterocycles. The first kappa shape index (κ1) is 9.37. The lowest BCUT2D eigenvalue weighted by atomic mass is 9.86. The Kier molecular flexibility index (Phi) is 2.08. The second kappa shape index (κ2) is 3.32. The van der Waals surface area contributed by atoms with E-state index in [2.05, 4.69) is 31.2 Å². The van der Waals surface area contributed by atoms with Gasteiger partial charge in [0.1, 0.15) is 0 Å². The highest BCUT2D eigenvalue weighted by Crippen LogP contribution is 2.45. The zero-order valence-electron chi connectivity index (χ0n) is 8.73. The first-order chi connectivity index (χ1) is 7.27. The lowest BCUT2D eigenvalue weighted by Crippen LogP contribution is -2.09. The minimum Gasteiger partial charge on any atom is -0.388 e. The Morgan fingerprint density at radius 3 is 2.93 bits per heavy atom. The fourth-order valence-electron chi connectivity index (χ4n) is 2.52. The maximum absolute atomic E-state index is 9.99. The van der Waals surface area contributed by atoms with Crippen molar-refractivity contribution in [2.75, 3.05) is 0 Å². The van der Waals surface area contributed by atoms with Crippen LogP contribution >= 0.6 is 11.3 Å². The standard InChI is InChI=1S/C13H14OS/c1-8-6-7-10(14)13-12(8)9-4-2-3-5-11(9)15-13/h2-5,8,10,14H,6-7H2,1H3. The molecule has 0 bridgehead atoms. The number of aliphatic hydroxyl groups excluding tert-OH is 1. The molecule has 3 rings (SSSR count). The van der Waals surface area contributed by atoms with E-state index in [0.717, 1.165) is 12.8 Å². The molecular weight excluding hydrogens is 204 g/mol. The monoisotopic (exact) mass is 218 g/mol. The molecule has 15 heavy (non-hydrogen) atoms. The van der Waals surface area contributed by atoms with Crippen LogP contribution in [0.3, 0.4) is 0 Å². The minimum atomic E-state index is -0.228. The smallest absolute Gasteiger partial charge is 0.0885 e. The van der Waals surface area contributed by atoms with Gasteiger partial charge in [-0.25, -0.2) is 0 Å². The van der Waals surface area contributed by atoms with Crippen LogP contribution in [0.15, 0.2) is 24.3 Å². The van der Waals surface area contributed by atoms with Crippen molar-refractivity contribution >= 4 is 21.4 Å². The summed E-state index contributed by atoms with van der Waals surface area (Å²) in [5.74, 6) is 0.597. The van der Waals surface area contributed by atoms with Crippen LogP contribution in [0.1, 0.15) is 42.2 Å². The van der Waals surface area contributed by atoms with Gasteiger partial charge >= 0.3 is 0 Å². The van der Waals surface area contributed by atoms with Crippen molar-refractivity contribution in [2.45, 2.75) is 31.8 Å². The van der Waals surface area contributed by atoms with Crippen molar-refractivity contribution in [3.8, 4) is 0 Å². The Labute approximate surface area is 93.4 Å². The number of benzene rings is 1. The summed E-state index contributed by atoms with van der Waals surface area (Å²) in [5, 5.41) is 11.3. The van der Waals surface area contributed by atoms with Gasteiger partial charge < -0.3 is 5.11 Å². The van der Waals surface area contributed by atoms with Crippen LogP contribution in [0.2, 0.25) is 0 Å². The predicted octanol–water partition coefficient (Wildman–Crippen LogP) is 3.83. The zero-order chi connectivity index (χ0) is 10.4. The van der Waals surface area contributed by atoms with Gasteiger partial charge in [-0.1, -0.05) is 25.1 Å². The Morgan fingerprint density at radius 1 is 1.27 bits per heavy atom. The molecule has 1 heterocycles. The predicted molar refractivity (Wildman–Crippen MR) is 64.4 cm³/mol. The Balaban J connectivity index is 2.34. The summed E-state index contributed by atoms with van der Waals surface area (Å²) in [6, 6.07) is 8.49. The van der Waals surface area contributed by atoms with E-state index in [4.69, 9.17) is 0 Å². The minimum absolute atomic E-state index is 0.228. The van der Waals surface area contributed by atoms with E-state index < -0.39 is 0 Å². The van der Waals surface area contributed by atoms with E-state index in [0.29, 0.717) is 5.92 Å². The van der Waals surface area contributed by atoms with Crippen LogP contribution in [0, 0.1) is 0 Å². The zero-order valence-corrected chi connectivity index (χ0v) is 9.55. The molecule has 0 amide bonds. The molecule has 0 saturated heterocycles. The molecule has 1 aliphatic carbocycles. The van der Waals surface area contributed by atoms with E-state index in [-0.39, 0.29) is 6.10 Å². The van der Waals surface area contributed by atoms with Crippen LogP contribution in [0.4, 0.5) is 0 Å². The maximum atomic E-state index is 9.99. The molecule has 1 nitrogen and oxygen atoms in total. The molecule has 2 atom stereocenters. The molecule has 2 heteroatoms. The number of fused-ring (bicyclic) bond motifs is 3. The largest absolute Gasteiger partial charge is 0.388 e. The first-order valence-electron chi connectivity index (χ1n) is 5.46. The highest BCUT2D eigenvalue weighted by atomic mass is 32.1. The van der Waals surface area contributed by atoms with Gasteiger partial charge in [-0.2, -0.15) is 0 Å². The van der Waals surface area contributed by atoms with E-state index in [9.17, 15) is 5.11 Å². The van der Waals surface area contributed by atoms with Gasteiger partial charge in [-0.15, -0.1) is 11.3 Å². The van der Waals surface area contributed by atoms with Crippen LogP contribution in [0.25, 0.3) is 10.1 Å². The average molecular weight is 218 g/mol. The third-order valence-electron chi connectivity index (χ3n) is 3.33. The van der Waals surface area contributed by atoms with Crippen molar-refractivity contribution in [3.05, 3.63) is 34.7 Å². The molecule has 0 fully saturated rings. The maximum Gasteiger partial charge on any atom is 0.0885 e. The van der Waals surface area contributed by atoms with Crippen molar-refractivity contribution in [2.24, 2.45) is 0 Å². The Morgan fingerprint density at radius 2 is 2.07 bits per heavy atom. The van der Waals surface area contributed by atoms with E-state index in [1.807, 2.05) is 0 Å². The van der Waals surface area contributed by atoms with Crippen LogP contribution in [-0.4, -0.2) is 5.11 Å². The fraction of sp³-hybridized carbons (Fsp3) is 0.385. The summed E-state index contributed by atoms with van der Waals surface area (Å²) in [6.07, 6.45) is 1.80. The van der Waals surface area contributed by atoms with Gasteiger partial charge in [0.05, 0.1) is 6.10 Å².